The van der Waals surface area contributed by atoms with Crippen molar-refractivity contribution < 1.29 is 0 Å². The first kappa shape index (κ1) is 15.3. The van der Waals surface area contributed by atoms with Crippen molar-refractivity contribution in [2.24, 2.45) is 0 Å². The average Bonchev–Trinajstić information content (AvgIpc) is 2.27. The minimum Gasteiger partial charge on any atom is -0.320 e. The number of aryl methyl sites for hydroxylation is 1. The van der Waals surface area contributed by atoms with Gasteiger partial charge in [-0.3, -0.25) is 0 Å². The summed E-state index contributed by atoms with van der Waals surface area (Å²) in [6.45, 7) is 10.8. The van der Waals surface area contributed by atoms with E-state index in [1.54, 1.807) is 0 Å². The molecule has 0 N–H and O–H groups in total. The van der Waals surface area contributed by atoms with E-state index in [9.17, 15) is 0 Å². The van der Waals surface area contributed by atoms with Gasteiger partial charge >= 0.3 is 6.26 Å². The molecule has 3 heteroatoms. The molecule has 18 heavy (non-hydrogen) atoms. The molecule has 0 bridgehead atoms. The fourth-order valence-corrected chi connectivity index (χ4v) is 2.66. The van der Waals surface area contributed by atoms with E-state index in [2.05, 4.69) is 75.7 Å². The Hall–Kier alpha value is -0.725. The van der Waals surface area contributed by atoms with Gasteiger partial charge in [-0.15, -0.1) is 0 Å². The molecule has 0 saturated carbocycles. The molecule has 1 rings (SSSR count). The number of halogens is 1. The van der Waals surface area contributed by atoms with Crippen LogP contribution >= 0.6 is 11.5 Å². The van der Waals surface area contributed by atoms with Crippen molar-refractivity contribution in [1.29, 1.82) is 0 Å². The molecule has 0 aromatic heterocycles. The molecule has 98 valence electrons. The van der Waals surface area contributed by atoms with E-state index in [4.69, 9.17) is 11.5 Å². The van der Waals surface area contributed by atoms with Crippen LogP contribution in [-0.2, 0) is 0 Å². The molecule has 0 radical (unpaired) electrons. The highest BCUT2D eigenvalue weighted by Crippen LogP contribution is 2.13. The lowest BCUT2D eigenvalue weighted by Crippen LogP contribution is -2.44. The van der Waals surface area contributed by atoms with Crippen molar-refractivity contribution in [3.63, 3.8) is 0 Å². The van der Waals surface area contributed by atoms with Gasteiger partial charge in [0.2, 0.25) is 0 Å². The topological polar surface area (TPSA) is 3.24 Å². The largest absolute Gasteiger partial charge is 0.357 e. The second kappa shape index (κ2) is 7.01. The Morgan fingerprint density at radius 2 is 1.56 bits per heavy atom. The normalized spacial score (nSPS) is 12.1. The summed E-state index contributed by atoms with van der Waals surface area (Å²) in [4.78, 5) is 2.28. The molecule has 0 aliphatic heterocycles. The molecule has 1 nitrogen and oxygen atoms in total. The number of rotatable bonds is 5. The zero-order chi connectivity index (χ0) is 13.7. The van der Waals surface area contributed by atoms with E-state index >= 15 is 0 Å². The van der Waals surface area contributed by atoms with Gasteiger partial charge in [0.05, 0.1) is 0 Å². The molecule has 0 amide bonds. The molecule has 0 aliphatic rings. The number of benzene rings is 1. The van der Waals surface area contributed by atoms with Crippen molar-refractivity contribution in [3.8, 4) is 0 Å². The minimum atomic E-state index is -0.0636. The molecule has 0 aliphatic carbocycles. The summed E-state index contributed by atoms with van der Waals surface area (Å²) < 4.78 is 0. The second-order valence-corrected chi connectivity index (χ2v) is 5.72. The molecular formula is C15H23BClN. The van der Waals surface area contributed by atoms with Crippen LogP contribution in [0.5, 0.6) is 0 Å². The fraction of sp³-hybridized carbons (Fsp3) is 0.467. The van der Waals surface area contributed by atoms with Crippen molar-refractivity contribution in [1.82, 2.24) is 4.81 Å². The maximum atomic E-state index is 6.46. The molecule has 0 fully saturated rings. The Kier molecular flexibility index (Phi) is 5.97. The highest BCUT2D eigenvalue weighted by atomic mass is 35.5. The zero-order valence-corrected chi connectivity index (χ0v) is 12.8. The predicted molar refractivity (Wildman–Crippen MR) is 83.9 cm³/mol. The Balaban J connectivity index is 2.73. The minimum absolute atomic E-state index is 0.0636. The van der Waals surface area contributed by atoms with E-state index in [1.165, 1.54) is 11.1 Å². The molecule has 1 aromatic carbocycles. The van der Waals surface area contributed by atoms with Crippen LogP contribution in [0.3, 0.4) is 0 Å². The van der Waals surface area contributed by atoms with Gasteiger partial charge in [0.15, 0.2) is 0 Å². The van der Waals surface area contributed by atoms with Gasteiger partial charge in [-0.2, -0.15) is 11.5 Å². The van der Waals surface area contributed by atoms with Gasteiger partial charge in [0.1, 0.15) is 0 Å². The third-order valence-electron chi connectivity index (χ3n) is 3.00. The van der Waals surface area contributed by atoms with E-state index in [-0.39, 0.29) is 6.26 Å². The lowest BCUT2D eigenvalue weighted by molar-refractivity contribution is 0.312. The van der Waals surface area contributed by atoms with Crippen LogP contribution in [0.15, 0.2) is 30.2 Å². The van der Waals surface area contributed by atoms with Gasteiger partial charge in [-0.1, -0.05) is 69.6 Å². The second-order valence-electron chi connectivity index (χ2n) is 5.28. The SMILES string of the molecule is Cc1ccc(/C=C/B(Cl)N(C(C)C)C(C)C)cc1. The lowest BCUT2D eigenvalue weighted by Gasteiger charge is -2.31. The van der Waals surface area contributed by atoms with Crippen molar-refractivity contribution >= 4 is 23.8 Å². The third kappa shape index (κ3) is 4.51. The van der Waals surface area contributed by atoms with Crippen LogP contribution in [0.2, 0.25) is 0 Å². The van der Waals surface area contributed by atoms with Crippen molar-refractivity contribution in [3.05, 3.63) is 41.4 Å². The van der Waals surface area contributed by atoms with E-state index in [0.717, 1.165) is 0 Å². The lowest BCUT2D eigenvalue weighted by atomic mass is 9.84. The number of hydrogen-bond acceptors (Lipinski definition) is 1. The van der Waals surface area contributed by atoms with Crippen LogP contribution in [0.1, 0.15) is 38.8 Å². The van der Waals surface area contributed by atoms with Gasteiger partial charge < -0.3 is 4.81 Å². The van der Waals surface area contributed by atoms with Crippen LogP contribution in [0.25, 0.3) is 6.08 Å². The molecule has 0 spiro atoms. The van der Waals surface area contributed by atoms with Crippen LogP contribution in [0, 0.1) is 6.92 Å². The summed E-state index contributed by atoms with van der Waals surface area (Å²) in [5.41, 5.74) is 2.47. The van der Waals surface area contributed by atoms with Gasteiger partial charge in [-0.25, -0.2) is 0 Å². The Bertz CT molecular complexity index is 376. The van der Waals surface area contributed by atoms with Crippen molar-refractivity contribution in [2.45, 2.75) is 46.7 Å². The Morgan fingerprint density at radius 1 is 1.06 bits per heavy atom. The highest BCUT2D eigenvalue weighted by Gasteiger charge is 2.23. The standard InChI is InChI=1S/C15H23BClN/c1-12(2)18(13(3)4)16(17)11-10-15-8-6-14(5)7-9-15/h6-13H,1-5H3/b11-10+. The highest BCUT2D eigenvalue weighted by molar-refractivity contribution is 7.08. The summed E-state index contributed by atoms with van der Waals surface area (Å²) in [7, 11) is 0. The summed E-state index contributed by atoms with van der Waals surface area (Å²) in [5.74, 6) is 2.06. The molecule has 0 saturated heterocycles. The van der Waals surface area contributed by atoms with Crippen molar-refractivity contribution in [2.75, 3.05) is 0 Å². The Morgan fingerprint density at radius 3 is 2.00 bits per heavy atom. The quantitative estimate of drug-likeness (QED) is 0.712. The predicted octanol–water partition coefficient (Wildman–Crippen LogP) is 4.39. The fourth-order valence-electron chi connectivity index (χ4n) is 2.13. The Labute approximate surface area is 117 Å². The number of nitrogens with zero attached hydrogens (tertiary/aromatic N) is 1. The maximum Gasteiger partial charge on any atom is 0.357 e. The van der Waals surface area contributed by atoms with E-state index < -0.39 is 0 Å². The zero-order valence-electron chi connectivity index (χ0n) is 12.0. The first-order chi connectivity index (χ1) is 8.41. The molecule has 0 unspecified atom stereocenters. The molecule has 0 heterocycles. The van der Waals surface area contributed by atoms with Gasteiger partial charge in [0.25, 0.3) is 0 Å². The smallest absolute Gasteiger partial charge is 0.320 e. The van der Waals surface area contributed by atoms with Crippen LogP contribution in [0.4, 0.5) is 0 Å². The summed E-state index contributed by atoms with van der Waals surface area (Å²) in [6.07, 6.45) is 2.03. The van der Waals surface area contributed by atoms with E-state index in [0.29, 0.717) is 12.1 Å². The van der Waals surface area contributed by atoms with Crippen LogP contribution in [-0.4, -0.2) is 23.2 Å². The third-order valence-corrected chi connectivity index (χ3v) is 3.37. The van der Waals surface area contributed by atoms with Crippen LogP contribution < -0.4 is 0 Å². The monoisotopic (exact) mass is 263 g/mol. The molecular weight excluding hydrogens is 240 g/mol. The molecule has 1 aromatic rings. The summed E-state index contributed by atoms with van der Waals surface area (Å²) >= 11 is 6.46. The molecule has 0 atom stereocenters. The first-order valence-electron chi connectivity index (χ1n) is 6.58. The van der Waals surface area contributed by atoms with E-state index in [1.807, 2.05) is 0 Å². The maximum absolute atomic E-state index is 6.46. The first-order valence-corrected chi connectivity index (χ1v) is 7.02. The number of hydrogen-bond donors (Lipinski definition) is 0. The summed E-state index contributed by atoms with van der Waals surface area (Å²) in [6, 6.07) is 9.34. The van der Waals surface area contributed by atoms with Gasteiger partial charge in [0, 0.05) is 0 Å². The average molecular weight is 264 g/mol. The summed E-state index contributed by atoms with van der Waals surface area (Å²) in [5, 5.41) is 0. The van der Waals surface area contributed by atoms with Gasteiger partial charge in [-0.05, 0) is 24.6 Å².